The van der Waals surface area contributed by atoms with Crippen molar-refractivity contribution >= 4 is 17.4 Å². The van der Waals surface area contributed by atoms with Crippen LogP contribution in [0, 0.1) is 5.82 Å². The van der Waals surface area contributed by atoms with E-state index < -0.39 is 12.0 Å². The van der Waals surface area contributed by atoms with Crippen molar-refractivity contribution in [3.05, 3.63) is 41.7 Å². The van der Waals surface area contributed by atoms with Gasteiger partial charge in [-0.25, -0.2) is 4.39 Å². The van der Waals surface area contributed by atoms with Gasteiger partial charge >= 0.3 is 0 Å². The number of carbonyl (C=O) groups is 2. The number of nitrogens with zero attached hydrogens (tertiary/aromatic N) is 1. The van der Waals surface area contributed by atoms with Crippen molar-refractivity contribution in [3.63, 3.8) is 0 Å². The van der Waals surface area contributed by atoms with Crippen LogP contribution in [0.25, 0.3) is 5.57 Å². The van der Waals surface area contributed by atoms with Gasteiger partial charge in [-0.3, -0.25) is 9.59 Å². The van der Waals surface area contributed by atoms with Gasteiger partial charge in [0.05, 0.1) is 13.2 Å². The highest BCUT2D eigenvalue weighted by Gasteiger charge is 2.26. The molecule has 1 atom stereocenters. The summed E-state index contributed by atoms with van der Waals surface area (Å²) in [6.45, 7) is 2.54. The number of hydrogen-bond donors (Lipinski definition) is 1. The van der Waals surface area contributed by atoms with Crippen LogP contribution in [0.1, 0.15) is 12.5 Å². The molecule has 0 spiro atoms. The van der Waals surface area contributed by atoms with Gasteiger partial charge in [0.2, 0.25) is 11.8 Å². The van der Waals surface area contributed by atoms with E-state index in [4.69, 9.17) is 10.5 Å². The number of carbonyl (C=O) groups excluding carboxylic acids is 2. The molecule has 1 saturated heterocycles. The molecule has 1 aliphatic rings. The number of nitrogens with two attached hydrogens (primary N) is 1. The van der Waals surface area contributed by atoms with Gasteiger partial charge in [0.25, 0.3) is 0 Å². The van der Waals surface area contributed by atoms with E-state index in [1.165, 1.54) is 23.1 Å². The summed E-state index contributed by atoms with van der Waals surface area (Å²) in [6.07, 6.45) is 0.656. The standard InChI is InChI=1S/C15H17FN2O3/c1-10(11-3-2-4-12(16)8-11)7-14(19)18-5-6-21-13(9-18)15(17)20/h2-4,7-8,13H,5-6,9H2,1H3,(H2,17,20)/b10-7-. The summed E-state index contributed by atoms with van der Waals surface area (Å²) in [4.78, 5) is 24.8. The minimum absolute atomic E-state index is 0.140. The van der Waals surface area contributed by atoms with Crippen LogP contribution in [0.15, 0.2) is 30.3 Å². The van der Waals surface area contributed by atoms with Crippen LogP contribution in [-0.4, -0.2) is 42.5 Å². The fourth-order valence-electron chi connectivity index (χ4n) is 2.12. The van der Waals surface area contributed by atoms with Gasteiger partial charge in [0.1, 0.15) is 5.82 Å². The van der Waals surface area contributed by atoms with Crippen LogP contribution in [0.2, 0.25) is 0 Å². The largest absolute Gasteiger partial charge is 0.367 e. The lowest BCUT2D eigenvalue weighted by molar-refractivity contribution is -0.142. The van der Waals surface area contributed by atoms with Crippen LogP contribution in [-0.2, 0) is 14.3 Å². The highest BCUT2D eigenvalue weighted by atomic mass is 19.1. The molecule has 2 rings (SSSR count). The summed E-state index contributed by atoms with van der Waals surface area (Å²) in [7, 11) is 0. The molecule has 1 aromatic carbocycles. The molecule has 2 amide bonds. The van der Waals surface area contributed by atoms with Crippen molar-refractivity contribution < 1.29 is 18.7 Å². The van der Waals surface area contributed by atoms with Crippen molar-refractivity contribution in [2.45, 2.75) is 13.0 Å². The number of primary amides is 1. The molecule has 1 aromatic rings. The molecule has 1 heterocycles. The third kappa shape index (κ3) is 3.88. The topological polar surface area (TPSA) is 72.6 Å². The number of morpholine rings is 1. The molecule has 1 unspecified atom stereocenters. The first-order chi connectivity index (χ1) is 9.97. The lowest BCUT2D eigenvalue weighted by Crippen LogP contribution is -2.50. The van der Waals surface area contributed by atoms with Gasteiger partial charge in [-0.05, 0) is 30.2 Å². The number of halogens is 1. The zero-order valence-corrected chi connectivity index (χ0v) is 11.7. The maximum Gasteiger partial charge on any atom is 0.248 e. The second kappa shape index (κ2) is 6.49. The van der Waals surface area contributed by atoms with Crippen molar-refractivity contribution in [2.75, 3.05) is 19.7 Å². The molecule has 0 aromatic heterocycles. The fraction of sp³-hybridized carbons (Fsp3) is 0.333. The Morgan fingerprint density at radius 3 is 2.90 bits per heavy atom. The Balaban J connectivity index is 2.09. The van der Waals surface area contributed by atoms with Crippen LogP contribution in [0.3, 0.4) is 0 Å². The van der Waals surface area contributed by atoms with E-state index in [1.54, 1.807) is 19.1 Å². The number of ether oxygens (including phenoxy) is 1. The average Bonchev–Trinajstić information content (AvgIpc) is 2.47. The average molecular weight is 292 g/mol. The molecule has 0 aliphatic carbocycles. The van der Waals surface area contributed by atoms with E-state index >= 15 is 0 Å². The molecule has 112 valence electrons. The van der Waals surface area contributed by atoms with E-state index in [2.05, 4.69) is 0 Å². The summed E-state index contributed by atoms with van der Waals surface area (Å²) >= 11 is 0. The number of allylic oxidation sites excluding steroid dienone is 1. The smallest absolute Gasteiger partial charge is 0.248 e. The van der Waals surface area contributed by atoms with Gasteiger partial charge in [0.15, 0.2) is 6.10 Å². The number of hydrogen-bond acceptors (Lipinski definition) is 3. The number of rotatable bonds is 3. The molecule has 1 aliphatic heterocycles. The number of amides is 2. The first-order valence-corrected chi connectivity index (χ1v) is 6.61. The Labute approximate surface area is 122 Å². The van der Waals surface area contributed by atoms with E-state index in [9.17, 15) is 14.0 Å². The van der Waals surface area contributed by atoms with Gasteiger partial charge in [-0.15, -0.1) is 0 Å². The van der Waals surface area contributed by atoms with E-state index in [-0.39, 0.29) is 24.9 Å². The summed E-state index contributed by atoms with van der Waals surface area (Å²) in [5.74, 6) is -1.18. The minimum atomic E-state index is -0.773. The summed E-state index contributed by atoms with van der Waals surface area (Å²) < 4.78 is 18.4. The predicted octanol–water partition coefficient (Wildman–Crippen LogP) is 0.942. The van der Waals surface area contributed by atoms with Crippen molar-refractivity contribution in [1.82, 2.24) is 4.90 Å². The second-order valence-electron chi connectivity index (χ2n) is 4.88. The van der Waals surface area contributed by atoms with E-state index in [0.29, 0.717) is 17.7 Å². The molecular formula is C15H17FN2O3. The quantitative estimate of drug-likeness (QED) is 0.843. The third-order valence-electron chi connectivity index (χ3n) is 3.32. The maximum absolute atomic E-state index is 13.2. The van der Waals surface area contributed by atoms with Gasteiger partial charge in [-0.2, -0.15) is 0 Å². The third-order valence-corrected chi connectivity index (χ3v) is 3.32. The molecule has 21 heavy (non-hydrogen) atoms. The highest BCUT2D eigenvalue weighted by molar-refractivity contribution is 5.95. The Bertz CT molecular complexity index is 586. The molecule has 5 nitrogen and oxygen atoms in total. The molecule has 0 saturated carbocycles. The predicted molar refractivity (Wildman–Crippen MR) is 75.6 cm³/mol. The Hall–Kier alpha value is -2.21. The normalized spacial score (nSPS) is 19.4. The molecular weight excluding hydrogens is 275 g/mol. The second-order valence-corrected chi connectivity index (χ2v) is 4.88. The zero-order valence-electron chi connectivity index (χ0n) is 11.7. The molecule has 0 radical (unpaired) electrons. The van der Waals surface area contributed by atoms with Crippen LogP contribution in [0.4, 0.5) is 4.39 Å². The monoisotopic (exact) mass is 292 g/mol. The zero-order chi connectivity index (χ0) is 15.4. The van der Waals surface area contributed by atoms with E-state index in [1.807, 2.05) is 0 Å². The summed E-state index contributed by atoms with van der Waals surface area (Å²) in [5.41, 5.74) is 6.48. The minimum Gasteiger partial charge on any atom is -0.367 e. The first-order valence-electron chi connectivity index (χ1n) is 6.61. The van der Waals surface area contributed by atoms with Crippen molar-refractivity contribution in [1.29, 1.82) is 0 Å². The van der Waals surface area contributed by atoms with Crippen molar-refractivity contribution in [3.8, 4) is 0 Å². The van der Waals surface area contributed by atoms with Gasteiger partial charge < -0.3 is 15.4 Å². The van der Waals surface area contributed by atoms with Gasteiger partial charge in [0, 0.05) is 12.6 Å². The van der Waals surface area contributed by atoms with Crippen LogP contribution >= 0.6 is 0 Å². The van der Waals surface area contributed by atoms with Crippen molar-refractivity contribution in [2.24, 2.45) is 5.73 Å². The summed E-state index contributed by atoms with van der Waals surface area (Å²) in [6, 6.07) is 6.03. The van der Waals surface area contributed by atoms with Crippen LogP contribution in [0.5, 0.6) is 0 Å². The Morgan fingerprint density at radius 1 is 1.48 bits per heavy atom. The highest BCUT2D eigenvalue weighted by Crippen LogP contribution is 2.16. The van der Waals surface area contributed by atoms with E-state index in [0.717, 1.165) is 0 Å². The molecule has 6 heteroatoms. The maximum atomic E-state index is 13.2. The molecule has 0 bridgehead atoms. The lowest BCUT2D eigenvalue weighted by atomic mass is 10.1. The SMILES string of the molecule is C/C(=C/C(=O)N1CCOC(C(N)=O)C1)c1cccc(F)c1. The number of benzene rings is 1. The summed E-state index contributed by atoms with van der Waals surface area (Å²) in [5, 5.41) is 0. The van der Waals surface area contributed by atoms with Gasteiger partial charge in [-0.1, -0.05) is 12.1 Å². The Kier molecular flexibility index (Phi) is 4.70. The lowest BCUT2D eigenvalue weighted by Gasteiger charge is -2.30. The first kappa shape index (κ1) is 15.2. The van der Waals surface area contributed by atoms with Crippen LogP contribution < -0.4 is 5.73 Å². The molecule has 1 fully saturated rings. The Morgan fingerprint density at radius 2 is 2.24 bits per heavy atom. The molecule has 2 N–H and O–H groups in total. The fourth-order valence-corrected chi connectivity index (χ4v) is 2.12.